The van der Waals surface area contributed by atoms with E-state index < -0.39 is 6.41 Å². The van der Waals surface area contributed by atoms with E-state index in [0.29, 0.717) is 0 Å². The van der Waals surface area contributed by atoms with Gasteiger partial charge in [0.1, 0.15) is 0 Å². The van der Waals surface area contributed by atoms with Crippen LogP contribution in [0.25, 0.3) is 0 Å². The monoisotopic (exact) mass is 85.0 g/mol. The zero-order valence-electron chi connectivity index (χ0n) is 3.97. The summed E-state index contributed by atoms with van der Waals surface area (Å²) in [7, 11) is 0. The van der Waals surface area contributed by atoms with Crippen LogP contribution >= 0.6 is 0 Å². The first-order valence-electron chi connectivity index (χ1n) is 0.971. The summed E-state index contributed by atoms with van der Waals surface area (Å²) in [4.78, 5) is 7.97. The maximum Gasteiger partial charge on any atom is 1.00 e. The predicted octanol–water partition coefficient (Wildman–Crippen LogP) is -3.69. The van der Waals surface area contributed by atoms with Gasteiger partial charge in [-0.15, -0.1) is 0 Å². The van der Waals surface area contributed by atoms with Crippen LogP contribution < -0.4 is 35.3 Å². The number of nitrogens with two attached hydrogens (primary N) is 1. The Morgan fingerprint density at radius 2 is 1.80 bits per heavy atom. The number of rotatable bonds is 0. The molecule has 26 valence electrons. The van der Waals surface area contributed by atoms with Crippen molar-refractivity contribution in [2.24, 2.45) is 5.73 Å². The van der Waals surface area contributed by atoms with Crippen molar-refractivity contribution in [1.82, 2.24) is 0 Å². The summed E-state index contributed by atoms with van der Waals surface area (Å²) in [5.41, 5.74) is 4.78. The summed E-state index contributed by atoms with van der Waals surface area (Å²) in [6.07, 6.45) is -0.417. The van der Waals surface area contributed by atoms with Crippen LogP contribution in [0.1, 0.15) is 1.43 Å². The van der Waals surface area contributed by atoms with Gasteiger partial charge in [0.2, 0.25) is 0 Å². The molecular formula is CH4NNaO2. The zero-order chi connectivity index (χ0) is 2.99. The van der Waals surface area contributed by atoms with E-state index in [-0.39, 0.29) is 31.0 Å². The Labute approximate surface area is 53.1 Å². The average Bonchev–Trinajstić information content (AvgIpc) is 1.75. The fourth-order valence-electron chi connectivity index (χ4n) is 0.0321. The van der Waals surface area contributed by atoms with E-state index in [9.17, 15) is 0 Å². The van der Waals surface area contributed by atoms with Gasteiger partial charge in [-0.3, -0.25) is 5.73 Å². The molecule has 4 heteroatoms. The van der Waals surface area contributed by atoms with Gasteiger partial charge in [-0.2, -0.15) is 9.78 Å². The van der Waals surface area contributed by atoms with Crippen LogP contribution in [-0.2, 0) is 9.78 Å². The third kappa shape index (κ3) is 2.69. The van der Waals surface area contributed by atoms with Crippen LogP contribution in [0.5, 0.6) is 0 Å². The molecule has 0 amide bonds. The summed E-state index contributed by atoms with van der Waals surface area (Å²) < 4.78 is 0. The van der Waals surface area contributed by atoms with Gasteiger partial charge in [0, 0.05) is 0 Å². The molecule has 1 fully saturated rings. The van der Waals surface area contributed by atoms with E-state index in [1.165, 1.54) is 0 Å². The molecular weight excluding hydrogens is 81.0 g/mol. The van der Waals surface area contributed by atoms with E-state index in [2.05, 4.69) is 9.78 Å². The molecule has 0 aliphatic carbocycles. The Hall–Kier alpha value is 0.880. The second-order valence-corrected chi connectivity index (χ2v) is 0.561. The molecule has 0 bridgehead atoms. The molecule has 1 aliphatic heterocycles. The second kappa shape index (κ2) is 2.12. The van der Waals surface area contributed by atoms with E-state index in [1.807, 2.05) is 0 Å². The van der Waals surface area contributed by atoms with E-state index in [4.69, 9.17) is 5.73 Å². The summed E-state index contributed by atoms with van der Waals surface area (Å²) in [6, 6.07) is 0. The van der Waals surface area contributed by atoms with Gasteiger partial charge in [-0.1, -0.05) is 0 Å². The fraction of sp³-hybridized carbons (Fsp3) is 1.00. The molecule has 1 saturated heterocycles. The minimum Gasteiger partial charge on any atom is -1.00 e. The van der Waals surface area contributed by atoms with Crippen molar-refractivity contribution in [3.63, 3.8) is 0 Å². The summed E-state index contributed by atoms with van der Waals surface area (Å²) in [6.45, 7) is 0. The molecule has 0 saturated carbocycles. The van der Waals surface area contributed by atoms with Crippen molar-refractivity contribution in [2.45, 2.75) is 6.41 Å². The van der Waals surface area contributed by atoms with Crippen molar-refractivity contribution < 1.29 is 40.8 Å². The van der Waals surface area contributed by atoms with Gasteiger partial charge in [-0.05, 0) is 0 Å². The first-order valence-corrected chi connectivity index (χ1v) is 0.971. The molecule has 1 heterocycles. The molecule has 0 radical (unpaired) electrons. The molecule has 0 unspecified atom stereocenters. The van der Waals surface area contributed by atoms with Crippen molar-refractivity contribution in [3.8, 4) is 0 Å². The van der Waals surface area contributed by atoms with Gasteiger partial charge in [0.15, 0.2) is 0 Å². The van der Waals surface area contributed by atoms with Gasteiger partial charge >= 0.3 is 29.6 Å². The quantitative estimate of drug-likeness (QED) is 0.187. The Balaban J connectivity index is 0. The fourth-order valence-corrected chi connectivity index (χ4v) is 0.0321. The number of hydrogen-bond acceptors (Lipinski definition) is 3. The van der Waals surface area contributed by atoms with E-state index >= 15 is 0 Å². The van der Waals surface area contributed by atoms with Crippen LogP contribution in [0.4, 0.5) is 0 Å². The maximum atomic E-state index is 4.78. The molecule has 0 aromatic carbocycles. The first-order chi connectivity index (χ1) is 1.89. The van der Waals surface area contributed by atoms with Gasteiger partial charge in [0.05, 0.1) is 0 Å². The molecule has 0 aromatic heterocycles. The maximum absolute atomic E-state index is 4.78. The van der Waals surface area contributed by atoms with Crippen LogP contribution in [0.3, 0.4) is 0 Å². The molecule has 1 rings (SSSR count). The minimum absolute atomic E-state index is 0. The third-order valence-corrected chi connectivity index (χ3v) is 0.207. The molecule has 2 N–H and O–H groups in total. The van der Waals surface area contributed by atoms with Crippen LogP contribution in [0.15, 0.2) is 0 Å². The van der Waals surface area contributed by atoms with Crippen molar-refractivity contribution in [3.05, 3.63) is 0 Å². The zero-order valence-corrected chi connectivity index (χ0v) is 4.97. The van der Waals surface area contributed by atoms with E-state index in [1.54, 1.807) is 0 Å². The summed E-state index contributed by atoms with van der Waals surface area (Å²) in [5.74, 6) is 0. The minimum atomic E-state index is -0.417. The van der Waals surface area contributed by atoms with Gasteiger partial charge in [-0.25, -0.2) is 0 Å². The average molecular weight is 85.0 g/mol. The summed E-state index contributed by atoms with van der Waals surface area (Å²) in [5, 5.41) is 0. The molecule has 0 atom stereocenters. The van der Waals surface area contributed by atoms with Crippen LogP contribution in [0.2, 0.25) is 0 Å². The smallest absolute Gasteiger partial charge is 1.00 e. The normalized spacial score (nSPS) is 21.0. The van der Waals surface area contributed by atoms with Crippen LogP contribution in [0, 0.1) is 0 Å². The Kier molecular flexibility index (Phi) is 2.50. The SMILES string of the molecule is NC1OO1.[H-].[Na+]. The molecule has 3 nitrogen and oxygen atoms in total. The number of hydrogen-bond donors (Lipinski definition) is 1. The predicted molar refractivity (Wildman–Crippen MR) is 11.3 cm³/mol. The Morgan fingerprint density at radius 1 is 1.60 bits per heavy atom. The molecule has 5 heavy (non-hydrogen) atoms. The third-order valence-electron chi connectivity index (χ3n) is 0.207. The first kappa shape index (κ1) is 5.88. The van der Waals surface area contributed by atoms with E-state index in [0.717, 1.165) is 0 Å². The van der Waals surface area contributed by atoms with Gasteiger partial charge in [0.25, 0.3) is 6.41 Å². The second-order valence-electron chi connectivity index (χ2n) is 0.561. The van der Waals surface area contributed by atoms with Gasteiger partial charge < -0.3 is 1.43 Å². The molecule has 0 aromatic rings. The van der Waals surface area contributed by atoms with Crippen molar-refractivity contribution >= 4 is 0 Å². The van der Waals surface area contributed by atoms with Crippen LogP contribution in [-0.4, -0.2) is 6.41 Å². The molecule has 1 aliphatic rings. The largest absolute Gasteiger partial charge is 1.00 e. The van der Waals surface area contributed by atoms with Crippen molar-refractivity contribution in [1.29, 1.82) is 0 Å². The Bertz CT molecular complexity index is 32.7. The van der Waals surface area contributed by atoms with Crippen molar-refractivity contribution in [2.75, 3.05) is 0 Å². The Morgan fingerprint density at radius 3 is 1.80 bits per heavy atom. The molecule has 0 spiro atoms. The topological polar surface area (TPSA) is 51.1 Å². The standard InChI is InChI=1S/CH3NO2.Na.H/c2-1-3-4-1;;/h1H,2H2;;/q;+1;-1. The summed E-state index contributed by atoms with van der Waals surface area (Å²) >= 11 is 0.